The zero-order chi connectivity index (χ0) is 21.7. The van der Waals surface area contributed by atoms with Gasteiger partial charge in [0.15, 0.2) is 0 Å². The summed E-state index contributed by atoms with van der Waals surface area (Å²) in [6.07, 6.45) is 2.12. The van der Waals surface area contributed by atoms with Crippen LogP contribution in [0.4, 0.5) is 5.69 Å². The Morgan fingerprint density at radius 1 is 1.13 bits per heavy atom. The van der Waals surface area contributed by atoms with Gasteiger partial charge in [-0.05, 0) is 61.2 Å². The lowest BCUT2D eigenvalue weighted by Crippen LogP contribution is -2.31. The molecule has 1 aliphatic rings. The Balaban J connectivity index is 1.67. The highest BCUT2D eigenvalue weighted by Crippen LogP contribution is 2.28. The van der Waals surface area contributed by atoms with Gasteiger partial charge < -0.3 is 14.8 Å². The van der Waals surface area contributed by atoms with E-state index in [0.29, 0.717) is 24.0 Å². The zero-order valence-electron chi connectivity index (χ0n) is 16.8. The molecule has 1 N–H and O–H groups in total. The number of anilines is 1. The first-order valence-electron chi connectivity index (χ1n) is 9.48. The molecule has 3 rings (SSSR count). The number of ether oxygens (including phenoxy) is 2. The molecule has 8 nitrogen and oxygen atoms in total. The summed E-state index contributed by atoms with van der Waals surface area (Å²) in [4.78, 5) is 24.0. The third-order valence-corrected chi connectivity index (χ3v) is 6.54. The minimum Gasteiger partial charge on any atom is -0.497 e. The monoisotopic (exact) mass is 432 g/mol. The number of amides is 1. The van der Waals surface area contributed by atoms with E-state index >= 15 is 0 Å². The van der Waals surface area contributed by atoms with E-state index in [0.717, 1.165) is 17.1 Å². The molecule has 9 heteroatoms. The van der Waals surface area contributed by atoms with E-state index in [1.165, 1.54) is 38.4 Å². The van der Waals surface area contributed by atoms with Crippen molar-refractivity contribution in [2.75, 3.05) is 31.6 Å². The van der Waals surface area contributed by atoms with Gasteiger partial charge in [-0.2, -0.15) is 0 Å². The van der Waals surface area contributed by atoms with Gasteiger partial charge in [0.05, 0.1) is 24.3 Å². The molecule has 1 fully saturated rings. The van der Waals surface area contributed by atoms with Crippen molar-refractivity contribution in [1.82, 2.24) is 5.32 Å². The first-order chi connectivity index (χ1) is 14.3. The molecule has 1 aliphatic carbocycles. The number of hydrogen-bond acceptors (Lipinski definition) is 6. The smallest absolute Gasteiger partial charge is 0.325 e. The summed E-state index contributed by atoms with van der Waals surface area (Å²) in [5, 5.41) is 2.46. The summed E-state index contributed by atoms with van der Waals surface area (Å²) >= 11 is 0. The molecule has 0 spiro atoms. The maximum absolute atomic E-state index is 13.0. The first kappa shape index (κ1) is 21.6. The van der Waals surface area contributed by atoms with E-state index in [1.54, 1.807) is 24.3 Å². The molecule has 0 aromatic heterocycles. The van der Waals surface area contributed by atoms with Crippen LogP contribution in [0.2, 0.25) is 0 Å². The number of nitrogens with zero attached hydrogens (tertiary/aromatic N) is 1. The lowest BCUT2D eigenvalue weighted by Gasteiger charge is -2.20. The van der Waals surface area contributed by atoms with E-state index in [9.17, 15) is 18.0 Å². The van der Waals surface area contributed by atoms with Crippen LogP contribution in [-0.2, 0) is 19.6 Å². The summed E-state index contributed by atoms with van der Waals surface area (Å²) in [6.45, 7) is 0.106. The third-order valence-electron chi connectivity index (χ3n) is 4.76. The van der Waals surface area contributed by atoms with Crippen LogP contribution in [0.1, 0.15) is 23.2 Å². The van der Waals surface area contributed by atoms with Crippen LogP contribution < -0.4 is 14.4 Å². The Hall–Kier alpha value is -3.07. The van der Waals surface area contributed by atoms with Gasteiger partial charge in [0, 0.05) is 12.6 Å². The quantitative estimate of drug-likeness (QED) is 0.610. The number of benzene rings is 2. The Morgan fingerprint density at radius 2 is 1.83 bits per heavy atom. The molecule has 30 heavy (non-hydrogen) atoms. The number of hydrogen-bond donors (Lipinski definition) is 1. The maximum Gasteiger partial charge on any atom is 0.325 e. The van der Waals surface area contributed by atoms with Crippen molar-refractivity contribution < 1.29 is 27.5 Å². The van der Waals surface area contributed by atoms with Gasteiger partial charge >= 0.3 is 5.97 Å². The van der Waals surface area contributed by atoms with Crippen molar-refractivity contribution in [3.05, 3.63) is 54.1 Å². The molecule has 0 bridgehead atoms. The molecular formula is C21H24N2O6S. The maximum atomic E-state index is 13.0. The van der Waals surface area contributed by atoms with Crippen molar-refractivity contribution in [1.29, 1.82) is 0 Å². The molecule has 0 radical (unpaired) electrons. The number of carbonyl (C=O) groups excluding carboxylic acids is 2. The molecule has 0 atom stereocenters. The Kier molecular flexibility index (Phi) is 6.61. The number of methoxy groups -OCH3 is 1. The molecule has 2 aromatic rings. The van der Waals surface area contributed by atoms with E-state index in [4.69, 9.17) is 9.47 Å². The van der Waals surface area contributed by atoms with E-state index in [-0.39, 0.29) is 17.0 Å². The number of rotatable bonds is 9. The topological polar surface area (TPSA) is 102 Å². The van der Waals surface area contributed by atoms with Crippen LogP contribution >= 0.6 is 0 Å². The number of sulfonamides is 1. The summed E-state index contributed by atoms with van der Waals surface area (Å²) in [5.74, 6) is -0.0195. The highest BCUT2D eigenvalue weighted by Gasteiger charge is 2.24. The summed E-state index contributed by atoms with van der Waals surface area (Å²) < 4.78 is 37.2. The molecule has 2 aromatic carbocycles. The van der Waals surface area contributed by atoms with Gasteiger partial charge in [-0.1, -0.05) is 6.07 Å². The summed E-state index contributed by atoms with van der Waals surface area (Å²) in [7, 11) is -0.932. The average molecular weight is 432 g/mol. The molecule has 1 amide bonds. The lowest BCUT2D eigenvalue weighted by molar-refractivity contribution is -0.142. The minimum absolute atomic E-state index is 0.0372. The fourth-order valence-electron chi connectivity index (χ4n) is 2.69. The van der Waals surface area contributed by atoms with E-state index in [2.05, 4.69) is 5.32 Å². The van der Waals surface area contributed by atoms with Gasteiger partial charge in [0.1, 0.15) is 12.3 Å². The molecule has 0 aliphatic heterocycles. The third kappa shape index (κ3) is 5.29. The van der Waals surface area contributed by atoms with Gasteiger partial charge in [0.2, 0.25) is 0 Å². The highest BCUT2D eigenvalue weighted by atomic mass is 32.2. The van der Waals surface area contributed by atoms with Crippen LogP contribution in [0.3, 0.4) is 0 Å². The Bertz CT molecular complexity index is 1020. The second-order valence-corrected chi connectivity index (χ2v) is 8.98. The van der Waals surface area contributed by atoms with Crippen LogP contribution in [0.15, 0.2) is 53.4 Å². The average Bonchev–Trinajstić information content (AvgIpc) is 3.60. The fraction of sp³-hybridized carbons (Fsp3) is 0.333. The van der Waals surface area contributed by atoms with Gasteiger partial charge in [0.25, 0.3) is 15.9 Å². The summed E-state index contributed by atoms with van der Waals surface area (Å²) in [5.41, 5.74) is 0.582. The number of carbonyl (C=O) groups is 2. The largest absolute Gasteiger partial charge is 0.497 e. The van der Waals surface area contributed by atoms with Crippen LogP contribution in [0.25, 0.3) is 0 Å². The first-order valence-corrected chi connectivity index (χ1v) is 10.9. The SMILES string of the molecule is COc1ccc(N(C)S(=O)(=O)c2cccc(C(=O)NCC(=O)OCC3CC3)c2)cc1. The standard InChI is InChI=1S/C21H24N2O6S/c1-23(17-8-10-18(28-2)11-9-17)30(26,27)19-5-3-4-16(12-19)21(25)22-13-20(24)29-14-15-6-7-15/h3-5,8-12,15H,6-7,13-14H2,1-2H3,(H,22,25). The van der Waals surface area contributed by atoms with Crippen molar-refractivity contribution in [3.8, 4) is 5.75 Å². The van der Waals surface area contributed by atoms with Gasteiger partial charge in [-0.25, -0.2) is 8.42 Å². The van der Waals surface area contributed by atoms with Crippen LogP contribution in [-0.4, -0.2) is 47.6 Å². The number of nitrogens with one attached hydrogen (secondary N) is 1. The molecule has 0 unspecified atom stereocenters. The summed E-state index contributed by atoms with van der Waals surface area (Å²) in [6, 6.07) is 12.2. The second kappa shape index (κ2) is 9.17. The van der Waals surface area contributed by atoms with Crippen LogP contribution in [0.5, 0.6) is 5.75 Å². The molecule has 160 valence electrons. The number of esters is 1. The molecular weight excluding hydrogens is 408 g/mol. The van der Waals surface area contributed by atoms with Crippen molar-refractivity contribution >= 4 is 27.6 Å². The molecule has 1 saturated carbocycles. The second-order valence-electron chi connectivity index (χ2n) is 7.01. The predicted octanol–water partition coefficient (Wildman–Crippen LogP) is 2.20. The van der Waals surface area contributed by atoms with Gasteiger partial charge in [-0.15, -0.1) is 0 Å². The van der Waals surface area contributed by atoms with Crippen LogP contribution in [0, 0.1) is 5.92 Å². The molecule has 0 heterocycles. The van der Waals surface area contributed by atoms with E-state index < -0.39 is 21.9 Å². The normalized spacial score (nSPS) is 13.4. The molecule has 0 saturated heterocycles. The lowest BCUT2D eigenvalue weighted by atomic mass is 10.2. The van der Waals surface area contributed by atoms with Crippen molar-refractivity contribution in [2.45, 2.75) is 17.7 Å². The van der Waals surface area contributed by atoms with Crippen molar-refractivity contribution in [2.24, 2.45) is 5.92 Å². The highest BCUT2D eigenvalue weighted by molar-refractivity contribution is 7.92. The minimum atomic E-state index is -3.89. The zero-order valence-corrected chi connectivity index (χ0v) is 17.6. The Labute approximate surface area is 175 Å². The van der Waals surface area contributed by atoms with E-state index in [1.807, 2.05) is 0 Å². The van der Waals surface area contributed by atoms with Crippen molar-refractivity contribution in [3.63, 3.8) is 0 Å². The Morgan fingerprint density at radius 3 is 2.47 bits per heavy atom. The fourth-order valence-corrected chi connectivity index (χ4v) is 3.93. The van der Waals surface area contributed by atoms with Gasteiger partial charge in [-0.3, -0.25) is 13.9 Å². The predicted molar refractivity (Wildman–Crippen MR) is 111 cm³/mol.